The Kier molecular flexibility index (Phi) is 5.98. The molecular weight excluding hydrogens is 477 g/mol. The van der Waals surface area contributed by atoms with E-state index in [0.717, 1.165) is 3.57 Å². The van der Waals surface area contributed by atoms with E-state index in [-0.39, 0.29) is 28.8 Å². The van der Waals surface area contributed by atoms with Gasteiger partial charge in [0.05, 0.1) is 14.2 Å². The van der Waals surface area contributed by atoms with Crippen LogP contribution in [-0.4, -0.2) is 32.1 Å². The zero-order chi connectivity index (χ0) is 20.3. The van der Waals surface area contributed by atoms with E-state index in [4.69, 9.17) is 18.9 Å². The summed E-state index contributed by atoms with van der Waals surface area (Å²) >= 11 is 2.19. The molecule has 0 radical (unpaired) electrons. The Balaban J connectivity index is 1.99. The number of carbonyl (C=O) groups excluding carboxylic acids is 2. The van der Waals surface area contributed by atoms with Crippen molar-refractivity contribution in [2.24, 2.45) is 4.99 Å². The molecule has 8 heteroatoms. The van der Waals surface area contributed by atoms with Crippen LogP contribution >= 0.6 is 22.6 Å². The van der Waals surface area contributed by atoms with Crippen molar-refractivity contribution in [3.05, 3.63) is 56.8 Å². The molecule has 1 heterocycles. The maximum absolute atomic E-state index is 12.2. The molecule has 0 fully saturated rings. The standard InChI is InChI=1S/C20H16INO6/c1-11(23)27-18-16(25-2)9-12(10-17(18)26-3)8-15-20(24)28-19(22-15)13-4-6-14(21)7-5-13/h4-10H,1-3H3/b15-8-. The normalized spacial score (nSPS) is 14.5. The second kappa shape index (κ2) is 8.42. The van der Waals surface area contributed by atoms with Gasteiger partial charge in [-0.1, -0.05) is 0 Å². The highest BCUT2D eigenvalue weighted by molar-refractivity contribution is 14.1. The highest BCUT2D eigenvalue weighted by atomic mass is 127. The minimum Gasteiger partial charge on any atom is -0.493 e. The maximum Gasteiger partial charge on any atom is 0.363 e. The quantitative estimate of drug-likeness (QED) is 0.274. The molecule has 0 spiro atoms. The van der Waals surface area contributed by atoms with Gasteiger partial charge in [0.2, 0.25) is 11.6 Å². The third-order valence-electron chi connectivity index (χ3n) is 3.74. The number of halogens is 1. The average Bonchev–Trinajstić information content (AvgIpc) is 3.03. The Morgan fingerprint density at radius 2 is 1.71 bits per heavy atom. The van der Waals surface area contributed by atoms with Crippen LogP contribution in [0.5, 0.6) is 17.2 Å². The van der Waals surface area contributed by atoms with Gasteiger partial charge in [-0.2, -0.15) is 0 Å². The highest BCUT2D eigenvalue weighted by Crippen LogP contribution is 2.39. The van der Waals surface area contributed by atoms with Crippen LogP contribution < -0.4 is 14.2 Å². The topological polar surface area (TPSA) is 83.4 Å². The lowest BCUT2D eigenvalue weighted by atomic mass is 10.1. The summed E-state index contributed by atoms with van der Waals surface area (Å²) in [6.45, 7) is 1.28. The van der Waals surface area contributed by atoms with Gasteiger partial charge in [0, 0.05) is 16.1 Å². The summed E-state index contributed by atoms with van der Waals surface area (Å²) in [5.41, 5.74) is 1.42. The first-order chi connectivity index (χ1) is 13.4. The van der Waals surface area contributed by atoms with Gasteiger partial charge in [-0.15, -0.1) is 0 Å². The predicted molar refractivity (Wildman–Crippen MR) is 111 cm³/mol. The summed E-state index contributed by atoms with van der Waals surface area (Å²) in [5.74, 6) is -0.0894. The van der Waals surface area contributed by atoms with Crippen LogP contribution in [0, 0.1) is 3.57 Å². The number of esters is 2. The fourth-order valence-electron chi connectivity index (χ4n) is 2.51. The molecule has 0 aliphatic carbocycles. The van der Waals surface area contributed by atoms with Crippen molar-refractivity contribution in [2.45, 2.75) is 6.92 Å². The molecule has 7 nitrogen and oxygen atoms in total. The van der Waals surface area contributed by atoms with E-state index < -0.39 is 11.9 Å². The van der Waals surface area contributed by atoms with Crippen molar-refractivity contribution >= 4 is 46.5 Å². The zero-order valence-electron chi connectivity index (χ0n) is 15.3. The van der Waals surface area contributed by atoms with Gasteiger partial charge in [-0.05, 0) is 70.6 Å². The Hall–Kier alpha value is -2.88. The van der Waals surface area contributed by atoms with Crippen molar-refractivity contribution in [3.8, 4) is 17.2 Å². The third kappa shape index (κ3) is 4.33. The lowest BCUT2D eigenvalue weighted by molar-refractivity contribution is -0.132. The Morgan fingerprint density at radius 1 is 1.11 bits per heavy atom. The summed E-state index contributed by atoms with van der Waals surface area (Å²) in [7, 11) is 2.88. The average molecular weight is 493 g/mol. The number of methoxy groups -OCH3 is 2. The molecule has 0 bridgehead atoms. The molecule has 0 atom stereocenters. The molecule has 0 amide bonds. The molecule has 1 aliphatic rings. The van der Waals surface area contributed by atoms with E-state index in [1.54, 1.807) is 18.2 Å². The molecule has 1 aliphatic heterocycles. The predicted octanol–water partition coefficient (Wildman–Crippen LogP) is 3.58. The van der Waals surface area contributed by atoms with E-state index >= 15 is 0 Å². The fraction of sp³-hybridized carbons (Fsp3) is 0.150. The van der Waals surface area contributed by atoms with E-state index in [1.807, 2.05) is 24.3 Å². The first-order valence-electron chi connectivity index (χ1n) is 8.14. The molecule has 0 aromatic heterocycles. The number of benzene rings is 2. The van der Waals surface area contributed by atoms with Gasteiger partial charge in [-0.3, -0.25) is 4.79 Å². The smallest absolute Gasteiger partial charge is 0.363 e. The summed E-state index contributed by atoms with van der Waals surface area (Å²) in [5, 5.41) is 0. The van der Waals surface area contributed by atoms with Crippen LogP contribution in [0.4, 0.5) is 0 Å². The maximum atomic E-state index is 12.2. The molecule has 0 saturated carbocycles. The van der Waals surface area contributed by atoms with E-state index in [2.05, 4.69) is 27.6 Å². The van der Waals surface area contributed by atoms with E-state index in [9.17, 15) is 9.59 Å². The van der Waals surface area contributed by atoms with Crippen LogP contribution in [-0.2, 0) is 14.3 Å². The Bertz CT molecular complexity index is 969. The number of cyclic esters (lactones) is 1. The van der Waals surface area contributed by atoms with Gasteiger partial charge >= 0.3 is 11.9 Å². The molecular formula is C20H16INO6. The molecule has 3 rings (SSSR count). The van der Waals surface area contributed by atoms with Crippen molar-refractivity contribution in [1.82, 2.24) is 0 Å². The fourth-order valence-corrected chi connectivity index (χ4v) is 2.87. The number of hydrogen-bond donors (Lipinski definition) is 0. The van der Waals surface area contributed by atoms with Gasteiger partial charge in [0.25, 0.3) is 0 Å². The summed E-state index contributed by atoms with van der Waals surface area (Å²) in [4.78, 5) is 27.8. The van der Waals surface area contributed by atoms with E-state index in [0.29, 0.717) is 11.1 Å². The molecule has 2 aromatic carbocycles. The third-order valence-corrected chi connectivity index (χ3v) is 4.46. The number of aliphatic imine (C=N–C) groups is 1. The minimum atomic E-state index is -0.560. The molecule has 144 valence electrons. The van der Waals surface area contributed by atoms with Gasteiger partial charge < -0.3 is 18.9 Å². The highest BCUT2D eigenvalue weighted by Gasteiger charge is 2.25. The number of nitrogens with zero attached hydrogens (tertiary/aromatic N) is 1. The first kappa shape index (κ1) is 19.9. The van der Waals surface area contributed by atoms with Gasteiger partial charge in [0.15, 0.2) is 17.2 Å². The molecule has 0 unspecified atom stereocenters. The molecule has 2 aromatic rings. The molecule has 0 N–H and O–H groups in total. The minimum absolute atomic E-state index is 0.137. The number of hydrogen-bond acceptors (Lipinski definition) is 7. The molecule has 0 saturated heterocycles. The monoisotopic (exact) mass is 493 g/mol. The number of rotatable bonds is 5. The van der Waals surface area contributed by atoms with Crippen LogP contribution in [0.1, 0.15) is 18.1 Å². The number of carbonyl (C=O) groups is 2. The summed E-state index contributed by atoms with van der Waals surface area (Å²) in [6.07, 6.45) is 1.55. The van der Waals surface area contributed by atoms with Crippen molar-refractivity contribution in [1.29, 1.82) is 0 Å². The lowest BCUT2D eigenvalue weighted by Gasteiger charge is -2.13. The van der Waals surface area contributed by atoms with Crippen LogP contribution in [0.25, 0.3) is 6.08 Å². The van der Waals surface area contributed by atoms with Crippen molar-refractivity contribution in [3.63, 3.8) is 0 Å². The van der Waals surface area contributed by atoms with Crippen LogP contribution in [0.15, 0.2) is 47.1 Å². The Labute approximate surface area is 175 Å². The molecule has 28 heavy (non-hydrogen) atoms. The Morgan fingerprint density at radius 3 is 2.25 bits per heavy atom. The van der Waals surface area contributed by atoms with Crippen molar-refractivity contribution in [2.75, 3.05) is 14.2 Å². The zero-order valence-corrected chi connectivity index (χ0v) is 17.5. The van der Waals surface area contributed by atoms with E-state index in [1.165, 1.54) is 21.1 Å². The SMILES string of the molecule is COc1cc(/C=C2\N=C(c3ccc(I)cc3)OC2=O)cc(OC)c1OC(C)=O. The second-order valence-electron chi connectivity index (χ2n) is 5.69. The largest absolute Gasteiger partial charge is 0.493 e. The van der Waals surface area contributed by atoms with Crippen LogP contribution in [0.2, 0.25) is 0 Å². The summed E-state index contributed by atoms with van der Waals surface area (Å²) in [6, 6.07) is 10.7. The first-order valence-corrected chi connectivity index (χ1v) is 9.22. The summed E-state index contributed by atoms with van der Waals surface area (Å²) < 4.78 is 22.1. The van der Waals surface area contributed by atoms with Crippen molar-refractivity contribution < 1.29 is 28.5 Å². The second-order valence-corrected chi connectivity index (χ2v) is 6.94. The van der Waals surface area contributed by atoms with Crippen LogP contribution in [0.3, 0.4) is 0 Å². The van der Waals surface area contributed by atoms with Gasteiger partial charge in [0.1, 0.15) is 0 Å². The lowest BCUT2D eigenvalue weighted by Crippen LogP contribution is -2.05. The number of ether oxygens (including phenoxy) is 4. The van der Waals surface area contributed by atoms with Gasteiger partial charge in [-0.25, -0.2) is 9.79 Å².